The van der Waals surface area contributed by atoms with Crippen molar-refractivity contribution in [3.8, 4) is 0 Å². The maximum Gasteiger partial charge on any atom is 0.335 e. The molecule has 2 nitrogen and oxygen atoms in total. The van der Waals surface area contributed by atoms with E-state index >= 15 is 0 Å². The maximum atomic E-state index is 10.5. The third-order valence-corrected chi connectivity index (χ3v) is 1.58. The molecule has 0 unspecified atom stereocenters. The fourth-order valence-electron chi connectivity index (χ4n) is 0.838. The second-order valence-electron chi connectivity index (χ2n) is 3.09. The van der Waals surface area contributed by atoms with E-state index in [0.29, 0.717) is 5.92 Å². The summed E-state index contributed by atoms with van der Waals surface area (Å²) < 4.78 is 10.5. The van der Waals surface area contributed by atoms with Gasteiger partial charge in [-0.15, -0.1) is 0 Å². The highest BCUT2D eigenvalue weighted by Gasteiger charge is 1.93. The molecular formula is C11H15FO2. The summed E-state index contributed by atoms with van der Waals surface area (Å²) in [7, 11) is 0. The Balaban J connectivity index is 0.000000292. The smallest absolute Gasteiger partial charge is 0.335 e. The lowest BCUT2D eigenvalue weighted by Gasteiger charge is -2.01. The highest BCUT2D eigenvalue weighted by molar-refractivity contribution is 5.67. The molecule has 1 rings (SSSR count). The molecule has 0 fully saturated rings. The van der Waals surface area contributed by atoms with E-state index in [9.17, 15) is 4.39 Å². The zero-order valence-corrected chi connectivity index (χ0v) is 8.40. The molecule has 0 atom stereocenters. The summed E-state index contributed by atoms with van der Waals surface area (Å²) >= 11 is 0. The number of carboxylic acid groups (broad SMARTS) is 1. The Hall–Kier alpha value is -1.38. The molecule has 78 valence electrons. The molecule has 0 aliphatic rings. The maximum absolute atomic E-state index is 10.5. The van der Waals surface area contributed by atoms with E-state index in [1.807, 2.05) is 6.07 Å². The first-order chi connectivity index (χ1) is 6.57. The molecule has 0 saturated heterocycles. The van der Waals surface area contributed by atoms with Gasteiger partial charge in [0.25, 0.3) is 0 Å². The normalized spacial score (nSPS) is 9.14. The largest absolute Gasteiger partial charge is 0.479 e. The number of hydrogen-bond donors (Lipinski definition) is 1. The molecule has 14 heavy (non-hydrogen) atoms. The Bertz CT molecular complexity index is 257. The predicted octanol–water partition coefficient (Wildman–Crippen LogP) is 2.85. The van der Waals surface area contributed by atoms with Gasteiger partial charge < -0.3 is 5.11 Å². The van der Waals surface area contributed by atoms with E-state index in [1.54, 1.807) is 0 Å². The fraction of sp³-hybridized carbons (Fsp3) is 0.364. The Morgan fingerprint density at radius 3 is 2.00 bits per heavy atom. The predicted molar refractivity (Wildman–Crippen MR) is 54.1 cm³/mol. The lowest BCUT2D eigenvalue weighted by Crippen LogP contribution is -1.93. The molecule has 0 aliphatic heterocycles. The van der Waals surface area contributed by atoms with E-state index in [-0.39, 0.29) is 0 Å². The van der Waals surface area contributed by atoms with Crippen LogP contribution in [-0.4, -0.2) is 17.8 Å². The van der Waals surface area contributed by atoms with Crippen molar-refractivity contribution in [3.05, 3.63) is 35.9 Å². The Labute approximate surface area is 83.4 Å². The number of rotatable bonds is 2. The number of hydrogen-bond acceptors (Lipinski definition) is 1. The topological polar surface area (TPSA) is 37.3 Å². The summed E-state index contributed by atoms with van der Waals surface area (Å²) in [5.74, 6) is -0.754. The summed E-state index contributed by atoms with van der Waals surface area (Å²) in [6, 6.07) is 10.5. The molecule has 0 spiro atoms. The minimum absolute atomic E-state index is 0.659. The van der Waals surface area contributed by atoms with Gasteiger partial charge in [-0.1, -0.05) is 44.2 Å². The first-order valence-corrected chi connectivity index (χ1v) is 4.40. The van der Waals surface area contributed by atoms with Crippen LogP contribution in [0.3, 0.4) is 0 Å². The van der Waals surface area contributed by atoms with Crippen molar-refractivity contribution in [3.63, 3.8) is 0 Å². The molecule has 3 heteroatoms. The van der Waals surface area contributed by atoms with Gasteiger partial charge in [-0.05, 0) is 11.5 Å². The van der Waals surface area contributed by atoms with Gasteiger partial charge in [-0.2, -0.15) is 0 Å². The molecule has 0 aromatic heterocycles. The molecule has 0 aliphatic carbocycles. The van der Waals surface area contributed by atoms with Gasteiger partial charge in [-0.25, -0.2) is 9.18 Å². The van der Waals surface area contributed by atoms with Crippen molar-refractivity contribution in [2.75, 3.05) is 6.67 Å². The van der Waals surface area contributed by atoms with Crippen molar-refractivity contribution in [1.29, 1.82) is 0 Å². The molecule has 1 aromatic rings. The number of benzene rings is 1. The average Bonchev–Trinajstić information content (AvgIpc) is 2.20. The lowest BCUT2D eigenvalue weighted by atomic mass is 10.0. The van der Waals surface area contributed by atoms with E-state index in [0.717, 1.165) is 0 Å². The van der Waals surface area contributed by atoms with Crippen LogP contribution < -0.4 is 0 Å². The Kier molecular flexibility index (Phi) is 6.37. The minimum Gasteiger partial charge on any atom is -0.479 e. The number of carbonyl (C=O) groups is 1. The molecule has 0 radical (unpaired) electrons. The van der Waals surface area contributed by atoms with Crippen molar-refractivity contribution in [2.24, 2.45) is 0 Å². The van der Waals surface area contributed by atoms with E-state index < -0.39 is 12.6 Å². The highest BCUT2D eigenvalue weighted by Crippen LogP contribution is 2.11. The van der Waals surface area contributed by atoms with Crippen LogP contribution in [-0.2, 0) is 4.79 Å². The number of aliphatic carboxylic acids is 1. The molecule has 0 amide bonds. The number of halogens is 1. The van der Waals surface area contributed by atoms with Crippen LogP contribution in [0.2, 0.25) is 0 Å². The standard InChI is InChI=1S/C9H12.C2H3FO2/c1-8(2)9-6-4-3-5-7-9;3-1-2(4)5/h3-8H,1-2H3;1H2,(H,4,5). The average molecular weight is 198 g/mol. The first-order valence-electron chi connectivity index (χ1n) is 4.40. The number of alkyl halides is 1. The van der Waals surface area contributed by atoms with Crippen molar-refractivity contribution in [2.45, 2.75) is 19.8 Å². The van der Waals surface area contributed by atoms with E-state index in [1.165, 1.54) is 5.56 Å². The summed E-state index contributed by atoms with van der Waals surface area (Å²) in [5.41, 5.74) is 1.41. The summed E-state index contributed by atoms with van der Waals surface area (Å²) in [5, 5.41) is 7.35. The molecular weight excluding hydrogens is 183 g/mol. The van der Waals surface area contributed by atoms with Gasteiger partial charge in [-0.3, -0.25) is 0 Å². The molecule has 0 heterocycles. The Morgan fingerprint density at radius 1 is 1.36 bits per heavy atom. The zero-order chi connectivity index (χ0) is 11.0. The SMILES string of the molecule is CC(C)c1ccccc1.O=C(O)CF. The minimum atomic E-state index is -1.41. The van der Waals surface area contributed by atoms with Crippen LogP contribution in [0.25, 0.3) is 0 Å². The molecule has 1 aromatic carbocycles. The van der Waals surface area contributed by atoms with Crippen LogP contribution in [0.5, 0.6) is 0 Å². The van der Waals surface area contributed by atoms with Crippen molar-refractivity contribution < 1.29 is 14.3 Å². The third kappa shape index (κ3) is 6.17. The van der Waals surface area contributed by atoms with Crippen molar-refractivity contribution >= 4 is 5.97 Å². The van der Waals surface area contributed by atoms with Gasteiger partial charge in [0.15, 0.2) is 6.67 Å². The second kappa shape index (κ2) is 7.06. The van der Waals surface area contributed by atoms with Crippen LogP contribution in [0, 0.1) is 0 Å². The summed E-state index contributed by atoms with van der Waals surface area (Å²) in [6.45, 7) is 3.13. The summed E-state index contributed by atoms with van der Waals surface area (Å²) in [6.07, 6.45) is 0. The highest BCUT2D eigenvalue weighted by atomic mass is 19.1. The van der Waals surface area contributed by atoms with Crippen molar-refractivity contribution in [1.82, 2.24) is 0 Å². The van der Waals surface area contributed by atoms with Gasteiger partial charge in [0.05, 0.1) is 0 Å². The van der Waals surface area contributed by atoms with Gasteiger partial charge >= 0.3 is 5.97 Å². The Morgan fingerprint density at radius 2 is 1.79 bits per heavy atom. The summed E-state index contributed by atoms with van der Waals surface area (Å²) in [4.78, 5) is 8.99. The van der Waals surface area contributed by atoms with E-state index in [4.69, 9.17) is 9.90 Å². The monoisotopic (exact) mass is 198 g/mol. The van der Waals surface area contributed by atoms with Gasteiger partial charge in [0.1, 0.15) is 0 Å². The number of carboxylic acids is 1. The van der Waals surface area contributed by atoms with Crippen LogP contribution in [0.15, 0.2) is 30.3 Å². The molecule has 0 saturated carbocycles. The van der Waals surface area contributed by atoms with Gasteiger partial charge in [0.2, 0.25) is 0 Å². The first kappa shape index (κ1) is 12.6. The molecule has 0 bridgehead atoms. The third-order valence-electron chi connectivity index (χ3n) is 1.58. The lowest BCUT2D eigenvalue weighted by molar-refractivity contribution is -0.137. The fourth-order valence-corrected chi connectivity index (χ4v) is 0.838. The second-order valence-corrected chi connectivity index (χ2v) is 3.09. The van der Waals surface area contributed by atoms with Crippen LogP contribution in [0.1, 0.15) is 25.3 Å². The van der Waals surface area contributed by atoms with Crippen LogP contribution >= 0.6 is 0 Å². The van der Waals surface area contributed by atoms with Crippen LogP contribution in [0.4, 0.5) is 4.39 Å². The quantitative estimate of drug-likeness (QED) is 0.793. The van der Waals surface area contributed by atoms with E-state index in [2.05, 4.69) is 38.1 Å². The zero-order valence-electron chi connectivity index (χ0n) is 8.40. The molecule has 1 N–H and O–H groups in total. The van der Waals surface area contributed by atoms with Gasteiger partial charge in [0, 0.05) is 0 Å².